The average molecular weight is 512 g/mol. The normalized spacial score (nSPS) is 14.6. The van der Waals surface area contributed by atoms with Gasteiger partial charge in [-0.05, 0) is 48.3 Å². The van der Waals surface area contributed by atoms with Gasteiger partial charge in [0.15, 0.2) is 5.96 Å². The Balaban J connectivity index is 0.00000280. The molecule has 1 aliphatic rings. The van der Waals surface area contributed by atoms with Gasteiger partial charge in [-0.15, -0.1) is 35.3 Å². The lowest BCUT2D eigenvalue weighted by atomic mass is 10.0. The first kappa shape index (κ1) is 22.7. The molecule has 28 heavy (non-hydrogen) atoms. The molecular weight excluding hydrogens is 483 g/mol. The van der Waals surface area contributed by atoms with E-state index < -0.39 is 0 Å². The Morgan fingerprint density at radius 2 is 2.07 bits per heavy atom. The molecule has 3 rings (SSSR count). The van der Waals surface area contributed by atoms with Crippen LogP contribution in [0, 0.1) is 5.92 Å². The van der Waals surface area contributed by atoms with Gasteiger partial charge in [-0.1, -0.05) is 31.2 Å². The number of thiophene rings is 1. The van der Waals surface area contributed by atoms with E-state index in [0.29, 0.717) is 11.9 Å². The van der Waals surface area contributed by atoms with Crippen molar-refractivity contribution in [3.05, 3.63) is 52.2 Å². The summed E-state index contributed by atoms with van der Waals surface area (Å²) in [5.74, 6) is 1.25. The summed E-state index contributed by atoms with van der Waals surface area (Å²) >= 11 is 1.79. The molecule has 0 radical (unpaired) electrons. The number of para-hydroxylation sites is 1. The summed E-state index contributed by atoms with van der Waals surface area (Å²) in [5.41, 5.74) is 2.30. The van der Waals surface area contributed by atoms with Crippen molar-refractivity contribution in [3.63, 3.8) is 0 Å². The Morgan fingerprint density at radius 1 is 1.25 bits per heavy atom. The third-order valence-electron chi connectivity index (χ3n) is 4.79. The number of guanidine groups is 1. The number of anilines is 1. The van der Waals surface area contributed by atoms with Crippen molar-refractivity contribution in [2.75, 3.05) is 31.6 Å². The van der Waals surface area contributed by atoms with Crippen LogP contribution in [0.3, 0.4) is 0 Å². The number of aliphatic imine (C=N–C) groups is 1. The highest BCUT2D eigenvalue weighted by Gasteiger charge is 2.22. The third-order valence-corrected chi connectivity index (χ3v) is 5.69. The smallest absolute Gasteiger partial charge is 0.246 e. The maximum Gasteiger partial charge on any atom is 0.246 e. The van der Waals surface area contributed by atoms with Gasteiger partial charge in [-0.25, -0.2) is 0 Å². The first-order valence-electron chi connectivity index (χ1n) is 9.52. The molecule has 0 fully saturated rings. The van der Waals surface area contributed by atoms with Gasteiger partial charge >= 0.3 is 0 Å². The number of carbonyl (C=O) groups excluding carboxylic acids is 1. The predicted molar refractivity (Wildman–Crippen MR) is 129 cm³/mol. The van der Waals surface area contributed by atoms with Gasteiger partial charge in [0.2, 0.25) is 5.91 Å². The molecule has 0 spiro atoms. The number of carbonyl (C=O) groups is 1. The highest BCUT2D eigenvalue weighted by atomic mass is 127. The van der Waals surface area contributed by atoms with Gasteiger partial charge in [0.05, 0.1) is 6.54 Å². The lowest BCUT2D eigenvalue weighted by Gasteiger charge is -2.29. The van der Waals surface area contributed by atoms with E-state index in [-0.39, 0.29) is 36.4 Å². The number of nitrogens with one attached hydrogen (secondary N) is 2. The molecule has 1 unspecified atom stereocenters. The zero-order valence-corrected chi connectivity index (χ0v) is 19.6. The lowest BCUT2D eigenvalue weighted by Crippen LogP contribution is -2.46. The molecule has 0 aliphatic carbocycles. The molecule has 5 nitrogen and oxygen atoms in total. The third kappa shape index (κ3) is 6.20. The van der Waals surface area contributed by atoms with Crippen molar-refractivity contribution in [3.8, 4) is 0 Å². The molecule has 0 saturated heterocycles. The first-order chi connectivity index (χ1) is 13.2. The Labute approximate surface area is 188 Å². The van der Waals surface area contributed by atoms with Crippen LogP contribution in [0.25, 0.3) is 0 Å². The van der Waals surface area contributed by atoms with Crippen LogP contribution in [0.2, 0.25) is 0 Å². The van der Waals surface area contributed by atoms with Crippen molar-refractivity contribution < 1.29 is 4.79 Å². The highest BCUT2D eigenvalue weighted by molar-refractivity contribution is 14.0. The minimum Gasteiger partial charge on any atom is -0.356 e. The second-order valence-electron chi connectivity index (χ2n) is 6.97. The average Bonchev–Trinajstić information content (AvgIpc) is 3.20. The van der Waals surface area contributed by atoms with Crippen molar-refractivity contribution in [2.24, 2.45) is 10.9 Å². The molecule has 1 aromatic heterocycles. The first-order valence-corrected chi connectivity index (χ1v) is 10.4. The van der Waals surface area contributed by atoms with Gasteiger partial charge < -0.3 is 15.5 Å². The maximum absolute atomic E-state index is 12.7. The van der Waals surface area contributed by atoms with Crippen molar-refractivity contribution >= 4 is 52.9 Å². The standard InChI is InChI=1S/C21H28N4OS.HI/c1-16(13-18-9-6-12-27-18)14-23-21(22-2)24-15-20(26)25-11-5-8-17-7-3-4-10-19(17)25;/h3-4,6-7,9-10,12,16H,5,8,11,13-15H2,1-2H3,(H2,22,23,24);1H. The van der Waals surface area contributed by atoms with Gasteiger partial charge in [0.25, 0.3) is 0 Å². The summed E-state index contributed by atoms with van der Waals surface area (Å²) in [4.78, 5) is 20.2. The number of halogens is 1. The van der Waals surface area contributed by atoms with Crippen LogP contribution in [0.1, 0.15) is 23.8 Å². The summed E-state index contributed by atoms with van der Waals surface area (Å²) in [6, 6.07) is 12.4. The van der Waals surface area contributed by atoms with Crippen LogP contribution in [0.4, 0.5) is 5.69 Å². The van der Waals surface area contributed by atoms with E-state index in [2.05, 4.69) is 46.1 Å². The van der Waals surface area contributed by atoms with E-state index in [4.69, 9.17) is 0 Å². The van der Waals surface area contributed by atoms with Crippen LogP contribution in [-0.2, 0) is 17.6 Å². The zero-order chi connectivity index (χ0) is 19.1. The van der Waals surface area contributed by atoms with Crippen molar-refractivity contribution in [1.29, 1.82) is 0 Å². The summed E-state index contributed by atoms with van der Waals surface area (Å²) in [6.07, 6.45) is 3.10. The summed E-state index contributed by atoms with van der Waals surface area (Å²) in [7, 11) is 1.74. The molecule has 2 heterocycles. The van der Waals surface area contributed by atoms with Gasteiger partial charge in [-0.2, -0.15) is 0 Å². The fourth-order valence-corrected chi connectivity index (χ4v) is 4.25. The Kier molecular flexibility index (Phi) is 9.24. The van der Waals surface area contributed by atoms with Crippen LogP contribution in [0.15, 0.2) is 46.8 Å². The number of benzene rings is 1. The molecule has 1 aromatic carbocycles. The van der Waals surface area contributed by atoms with E-state index in [1.165, 1.54) is 10.4 Å². The maximum atomic E-state index is 12.7. The number of rotatable bonds is 6. The van der Waals surface area contributed by atoms with Gasteiger partial charge in [-0.3, -0.25) is 9.79 Å². The molecular formula is C21H29IN4OS. The highest BCUT2D eigenvalue weighted by Crippen LogP contribution is 2.26. The fraction of sp³-hybridized carbons (Fsp3) is 0.429. The minimum atomic E-state index is 0. The number of fused-ring (bicyclic) bond motifs is 1. The van der Waals surface area contributed by atoms with Crippen LogP contribution < -0.4 is 15.5 Å². The summed E-state index contributed by atoms with van der Waals surface area (Å²) in [6.45, 7) is 4.06. The molecule has 2 N–H and O–H groups in total. The van der Waals surface area contributed by atoms with Gasteiger partial charge in [0, 0.05) is 30.7 Å². The molecule has 152 valence electrons. The molecule has 1 amide bonds. The number of aryl methyl sites for hydroxylation is 1. The Hall–Kier alpha value is -1.61. The molecule has 1 atom stereocenters. The molecule has 0 bridgehead atoms. The minimum absolute atomic E-state index is 0. The molecule has 1 aliphatic heterocycles. The number of hydrogen-bond donors (Lipinski definition) is 2. The Morgan fingerprint density at radius 3 is 2.82 bits per heavy atom. The van der Waals surface area contributed by atoms with Crippen molar-refractivity contribution in [2.45, 2.75) is 26.2 Å². The SMILES string of the molecule is CN=C(NCC(=O)N1CCCc2ccccc21)NCC(C)Cc1cccs1.I. The van der Waals surface area contributed by atoms with E-state index in [1.54, 1.807) is 18.4 Å². The van der Waals surface area contributed by atoms with Crippen LogP contribution >= 0.6 is 35.3 Å². The number of amides is 1. The van der Waals surface area contributed by atoms with Crippen LogP contribution in [-0.4, -0.2) is 38.5 Å². The van der Waals surface area contributed by atoms with E-state index in [9.17, 15) is 4.79 Å². The predicted octanol–water partition coefficient (Wildman–Crippen LogP) is 3.69. The second-order valence-corrected chi connectivity index (χ2v) is 8.01. The second kappa shape index (κ2) is 11.4. The molecule has 2 aromatic rings. The van der Waals surface area contributed by atoms with Crippen LogP contribution in [0.5, 0.6) is 0 Å². The number of hydrogen-bond acceptors (Lipinski definition) is 3. The lowest BCUT2D eigenvalue weighted by molar-refractivity contribution is -0.117. The van der Waals surface area contributed by atoms with E-state index >= 15 is 0 Å². The Bertz CT molecular complexity index is 778. The van der Waals surface area contributed by atoms with E-state index in [0.717, 1.165) is 38.0 Å². The van der Waals surface area contributed by atoms with E-state index in [1.807, 2.05) is 23.1 Å². The van der Waals surface area contributed by atoms with Gasteiger partial charge in [0.1, 0.15) is 0 Å². The summed E-state index contributed by atoms with van der Waals surface area (Å²) < 4.78 is 0. The fourth-order valence-electron chi connectivity index (χ4n) is 3.38. The molecule has 7 heteroatoms. The quantitative estimate of drug-likeness (QED) is 0.353. The summed E-state index contributed by atoms with van der Waals surface area (Å²) in [5, 5.41) is 8.61. The number of nitrogens with zero attached hydrogens (tertiary/aromatic N) is 2. The largest absolute Gasteiger partial charge is 0.356 e. The van der Waals surface area contributed by atoms with Crippen molar-refractivity contribution in [1.82, 2.24) is 10.6 Å². The topological polar surface area (TPSA) is 56.7 Å². The monoisotopic (exact) mass is 512 g/mol. The zero-order valence-electron chi connectivity index (χ0n) is 16.5. The molecule has 0 saturated carbocycles.